The minimum Gasteiger partial charge on any atom is -0.463 e. The van der Waals surface area contributed by atoms with Gasteiger partial charge in [-0.3, -0.25) is 14.6 Å². The summed E-state index contributed by atoms with van der Waals surface area (Å²) < 4.78 is 31.8. The third kappa shape index (κ3) is 12.7. The molecule has 0 aromatic rings. The van der Waals surface area contributed by atoms with Crippen molar-refractivity contribution in [1.29, 1.82) is 0 Å². The molecule has 0 radical (unpaired) electrons. The normalized spacial score (nSPS) is 39.9. The highest BCUT2D eigenvalue weighted by Gasteiger charge is 2.41. The summed E-state index contributed by atoms with van der Waals surface area (Å²) >= 11 is 0. The molecule has 0 amide bonds. The van der Waals surface area contributed by atoms with Gasteiger partial charge in [0.1, 0.15) is 6.10 Å². The van der Waals surface area contributed by atoms with Gasteiger partial charge in [0, 0.05) is 50.3 Å². The van der Waals surface area contributed by atoms with Crippen molar-refractivity contribution in [2.24, 2.45) is 0 Å². The Hall–Kier alpha value is -0.770. The molecule has 0 aliphatic heterocycles. The predicted molar refractivity (Wildman–Crippen MR) is 236 cm³/mol. The fraction of sp³-hybridized carbons (Fsp3) is 0.980. The van der Waals surface area contributed by atoms with Crippen LogP contribution >= 0.6 is 0 Å². The topological polar surface area (TPSA) is 69.7 Å². The van der Waals surface area contributed by atoms with Gasteiger partial charge in [0.2, 0.25) is 0 Å². The molecule has 0 N–H and O–H groups in total. The van der Waals surface area contributed by atoms with Crippen LogP contribution in [0.5, 0.6) is 0 Å². The van der Waals surface area contributed by atoms with Crippen LogP contribution < -0.4 is 0 Å². The van der Waals surface area contributed by atoms with Crippen LogP contribution in [0.25, 0.3) is 0 Å². The van der Waals surface area contributed by atoms with Crippen LogP contribution in [0.1, 0.15) is 225 Å². The monoisotopic (exact) mass is 825 g/mol. The minimum absolute atomic E-state index is 0.0972. The van der Waals surface area contributed by atoms with Crippen LogP contribution in [0.15, 0.2) is 0 Å². The number of nitrogens with zero attached hydrogens (tertiary/aromatic N) is 2. The van der Waals surface area contributed by atoms with Crippen molar-refractivity contribution in [3.63, 3.8) is 0 Å². The average molecular weight is 825 g/mol. The first-order valence-corrected chi connectivity index (χ1v) is 26.2. The molecule has 0 aromatic carbocycles. The van der Waals surface area contributed by atoms with Crippen LogP contribution in [0, 0.1) is 0 Å². The van der Waals surface area contributed by atoms with E-state index < -0.39 is 0 Å². The Labute approximate surface area is 360 Å². The largest absolute Gasteiger partial charge is 0.463 e. The van der Waals surface area contributed by atoms with Gasteiger partial charge in [-0.25, -0.2) is 0 Å². The summed E-state index contributed by atoms with van der Waals surface area (Å²) in [7, 11) is 1.87. The van der Waals surface area contributed by atoms with Crippen molar-refractivity contribution < 1.29 is 28.5 Å². The molecule has 0 aromatic heterocycles. The van der Waals surface area contributed by atoms with Gasteiger partial charge >= 0.3 is 5.97 Å². The van der Waals surface area contributed by atoms with Crippen LogP contribution in [-0.4, -0.2) is 108 Å². The second-order valence-corrected chi connectivity index (χ2v) is 21.3. The van der Waals surface area contributed by atoms with Crippen LogP contribution in [-0.2, 0) is 28.5 Å². The van der Waals surface area contributed by atoms with E-state index in [-0.39, 0.29) is 12.1 Å². The van der Waals surface area contributed by atoms with E-state index in [0.717, 1.165) is 49.9 Å². The smallest absolute Gasteiger partial charge is 0.302 e. The molecule has 2 unspecified atom stereocenters. The maximum absolute atomic E-state index is 11.4. The Balaban J connectivity index is 0.806. The Morgan fingerprint density at radius 1 is 0.339 bits per heavy atom. The molecule has 59 heavy (non-hydrogen) atoms. The number of hydrogen-bond donors (Lipinski definition) is 0. The highest BCUT2D eigenvalue weighted by atomic mass is 16.5. The molecule has 8 fully saturated rings. The molecule has 0 saturated heterocycles. The summed E-state index contributed by atoms with van der Waals surface area (Å²) in [5, 5.41) is 0. The fourth-order valence-electron chi connectivity index (χ4n) is 14.2. The van der Waals surface area contributed by atoms with E-state index in [9.17, 15) is 4.79 Å². The minimum atomic E-state index is -0.143. The number of rotatable bonds is 14. The summed E-state index contributed by atoms with van der Waals surface area (Å²) in [5.41, 5.74) is 0. The van der Waals surface area contributed by atoms with Crippen molar-refractivity contribution >= 4 is 5.97 Å². The van der Waals surface area contributed by atoms with Crippen molar-refractivity contribution in [1.82, 2.24) is 9.80 Å². The van der Waals surface area contributed by atoms with Gasteiger partial charge in [-0.15, -0.1) is 0 Å². The van der Waals surface area contributed by atoms with Crippen molar-refractivity contribution in [2.75, 3.05) is 7.11 Å². The summed E-state index contributed by atoms with van der Waals surface area (Å²) in [5.74, 6) is -0.143. The van der Waals surface area contributed by atoms with Gasteiger partial charge in [0.05, 0.1) is 42.7 Å². The lowest BCUT2D eigenvalue weighted by Gasteiger charge is -2.50. The highest BCUT2D eigenvalue weighted by Crippen LogP contribution is 2.41. The molecule has 8 nitrogen and oxygen atoms in total. The Morgan fingerprint density at radius 2 is 0.661 bits per heavy atom. The molecule has 8 aliphatic carbocycles. The van der Waals surface area contributed by atoms with Gasteiger partial charge in [-0.2, -0.15) is 0 Å². The maximum Gasteiger partial charge on any atom is 0.302 e. The Kier molecular flexibility index (Phi) is 17.3. The zero-order chi connectivity index (χ0) is 40.4. The zero-order valence-corrected chi connectivity index (χ0v) is 38.0. The van der Waals surface area contributed by atoms with E-state index >= 15 is 0 Å². The third-order valence-corrected chi connectivity index (χ3v) is 17.3. The van der Waals surface area contributed by atoms with E-state index in [1.807, 2.05) is 7.11 Å². The van der Waals surface area contributed by atoms with Crippen molar-refractivity contribution in [2.45, 2.75) is 310 Å². The fourth-order valence-corrected chi connectivity index (χ4v) is 14.2. The first-order valence-electron chi connectivity index (χ1n) is 26.2. The van der Waals surface area contributed by atoms with Crippen LogP contribution in [0.2, 0.25) is 0 Å². The number of esters is 1. The Bertz CT molecular complexity index is 1200. The third-order valence-electron chi connectivity index (χ3n) is 17.3. The molecule has 0 spiro atoms. The molecular weight excluding hydrogens is 737 g/mol. The van der Waals surface area contributed by atoms with E-state index in [1.165, 1.54) is 200 Å². The molecular formula is C51H88N2O6. The summed E-state index contributed by atoms with van der Waals surface area (Å²) in [6, 6.07) is 4.47. The lowest BCUT2D eigenvalue weighted by molar-refractivity contribution is -0.150. The summed E-state index contributed by atoms with van der Waals surface area (Å²) in [4.78, 5) is 17.7. The predicted octanol–water partition coefficient (Wildman–Crippen LogP) is 11.4. The van der Waals surface area contributed by atoms with Crippen LogP contribution in [0.3, 0.4) is 0 Å². The average Bonchev–Trinajstić information content (AvgIpc) is 3.27. The number of carbonyl (C=O) groups excluding carboxylic acids is 1. The maximum atomic E-state index is 11.4. The van der Waals surface area contributed by atoms with Crippen molar-refractivity contribution in [3.8, 4) is 0 Å². The second-order valence-electron chi connectivity index (χ2n) is 21.3. The van der Waals surface area contributed by atoms with Gasteiger partial charge < -0.3 is 23.7 Å². The number of methoxy groups -OCH3 is 1. The molecule has 0 bridgehead atoms. The van der Waals surface area contributed by atoms with Gasteiger partial charge in [-0.1, -0.05) is 38.5 Å². The zero-order valence-electron chi connectivity index (χ0n) is 38.0. The number of ether oxygens (including phenoxy) is 5. The first kappa shape index (κ1) is 44.8. The van der Waals surface area contributed by atoms with Gasteiger partial charge in [0.15, 0.2) is 0 Å². The van der Waals surface area contributed by atoms with E-state index in [4.69, 9.17) is 23.7 Å². The first-order chi connectivity index (χ1) is 29.0. The molecule has 338 valence electrons. The van der Waals surface area contributed by atoms with Gasteiger partial charge in [0.25, 0.3) is 0 Å². The molecule has 8 saturated carbocycles. The van der Waals surface area contributed by atoms with E-state index in [1.54, 1.807) is 0 Å². The number of carbonyl (C=O) groups is 1. The second kappa shape index (κ2) is 22.7. The lowest BCUT2D eigenvalue weighted by Crippen LogP contribution is -2.54. The molecule has 0 heterocycles. The standard InChI is InChI=1S/C51H88N2O6/c1-37(54)56-45-32-34-50(35-33-45)58-47-24-20-42(21-25-47)53(39-12-7-4-8-13-39)43-14-9-15-51(36-43)59-48-26-18-41(19-27-48)52(38-10-5-3-6-11-38)40-16-22-46(23-17-40)57-49-30-28-44(55-2)29-31-49/h38-51H,3-36H2,1-2H3. The lowest BCUT2D eigenvalue weighted by atomic mass is 9.82. The SMILES string of the molecule is COC1CCC(OC2CCC(N(C3CCCCC3)C3CCC(OC4CCCC(N(C5CCCCC5)C5CCC(OC6CCC(OC(C)=O)CC6)CC5)C4)CC3)CC2)CC1. The van der Waals surface area contributed by atoms with Crippen molar-refractivity contribution in [3.05, 3.63) is 0 Å². The van der Waals surface area contributed by atoms with Gasteiger partial charge in [-0.05, 0) is 180 Å². The van der Waals surface area contributed by atoms with Crippen LogP contribution in [0.4, 0.5) is 0 Å². The van der Waals surface area contributed by atoms with E-state index in [0.29, 0.717) is 54.8 Å². The molecule has 8 heteroatoms. The molecule has 2 atom stereocenters. The number of hydrogen-bond acceptors (Lipinski definition) is 8. The quantitative estimate of drug-likeness (QED) is 0.160. The Morgan fingerprint density at radius 3 is 1.07 bits per heavy atom. The van der Waals surface area contributed by atoms with E-state index in [2.05, 4.69) is 9.80 Å². The summed E-state index contributed by atoms with van der Waals surface area (Å²) in [6.07, 6.45) is 46.6. The highest BCUT2D eigenvalue weighted by molar-refractivity contribution is 5.66. The summed E-state index contributed by atoms with van der Waals surface area (Å²) in [6.45, 7) is 1.53. The molecule has 8 rings (SSSR count). The molecule has 8 aliphatic rings.